The Balaban J connectivity index is 1.48. The number of rotatable bonds is 6. The van der Waals surface area contributed by atoms with E-state index in [0.717, 1.165) is 32.7 Å². The van der Waals surface area contributed by atoms with E-state index in [0.29, 0.717) is 0 Å². The molecule has 0 bridgehead atoms. The van der Waals surface area contributed by atoms with Crippen molar-refractivity contribution in [1.82, 2.24) is 14.7 Å². The molecule has 7 nitrogen and oxygen atoms in total. The van der Waals surface area contributed by atoms with Crippen LogP contribution in [-0.2, 0) is 23.0 Å². The van der Waals surface area contributed by atoms with Gasteiger partial charge in [-0.3, -0.25) is 9.58 Å². The molecule has 1 amide bonds. The largest absolute Gasteiger partial charge is 0.480 e. The number of fused-ring (bicyclic) bond motifs is 3. The Morgan fingerprint density at radius 2 is 1.73 bits per heavy atom. The topological polar surface area (TPSA) is 84.7 Å². The number of aromatic nitrogens is 2. The quantitative estimate of drug-likeness (QED) is 0.680. The average Bonchev–Trinajstić information content (AvgIpc) is 3.30. The van der Waals surface area contributed by atoms with E-state index < -0.39 is 18.1 Å². The molecule has 4 rings (SSSR count). The number of aliphatic carboxylic acids is 1. The third-order valence-electron chi connectivity index (χ3n) is 5.56. The normalized spacial score (nSPS) is 13.4. The van der Waals surface area contributed by atoms with E-state index in [1.165, 1.54) is 7.05 Å². The van der Waals surface area contributed by atoms with Crippen LogP contribution in [0.5, 0.6) is 0 Å². The Hall–Kier alpha value is -3.61. The molecule has 0 saturated carbocycles. The number of carbonyl (C=O) groups excluding carboxylic acids is 1. The first-order valence-corrected chi connectivity index (χ1v) is 9.74. The van der Waals surface area contributed by atoms with Crippen molar-refractivity contribution in [3.8, 4) is 11.1 Å². The van der Waals surface area contributed by atoms with Crippen LogP contribution in [0.4, 0.5) is 4.79 Å². The van der Waals surface area contributed by atoms with Crippen molar-refractivity contribution in [2.45, 2.75) is 18.4 Å². The summed E-state index contributed by atoms with van der Waals surface area (Å²) >= 11 is 0. The number of hydrogen-bond donors (Lipinski definition) is 1. The summed E-state index contributed by atoms with van der Waals surface area (Å²) in [5.74, 6) is -1.16. The summed E-state index contributed by atoms with van der Waals surface area (Å²) in [6.45, 7) is 0.149. The molecule has 1 aliphatic carbocycles. The molecule has 7 heteroatoms. The highest BCUT2D eigenvalue weighted by molar-refractivity contribution is 5.81. The smallest absolute Gasteiger partial charge is 0.410 e. The number of ether oxygens (including phenoxy) is 1. The Bertz CT molecular complexity index is 1050. The number of hydrogen-bond acceptors (Lipinski definition) is 4. The first-order valence-electron chi connectivity index (χ1n) is 9.74. The van der Waals surface area contributed by atoms with Gasteiger partial charge >= 0.3 is 12.1 Å². The number of benzene rings is 2. The molecule has 0 radical (unpaired) electrons. The molecule has 2 aromatic carbocycles. The van der Waals surface area contributed by atoms with Crippen molar-refractivity contribution in [1.29, 1.82) is 0 Å². The first-order chi connectivity index (χ1) is 14.5. The lowest BCUT2D eigenvalue weighted by molar-refractivity contribution is -0.142. The number of aryl methyl sites for hydroxylation is 1. The molecule has 0 spiro atoms. The van der Waals surface area contributed by atoms with Gasteiger partial charge in [0.25, 0.3) is 0 Å². The second-order valence-corrected chi connectivity index (χ2v) is 7.50. The summed E-state index contributed by atoms with van der Waals surface area (Å²) in [4.78, 5) is 25.6. The number of nitrogens with zero attached hydrogens (tertiary/aromatic N) is 3. The van der Waals surface area contributed by atoms with Crippen LogP contribution in [0.15, 0.2) is 60.9 Å². The Morgan fingerprint density at radius 3 is 2.27 bits per heavy atom. The third kappa shape index (κ3) is 3.66. The fourth-order valence-electron chi connectivity index (χ4n) is 4.01. The minimum Gasteiger partial charge on any atom is -0.480 e. The summed E-state index contributed by atoms with van der Waals surface area (Å²) in [7, 11) is 3.21. The Morgan fingerprint density at radius 1 is 1.13 bits per heavy atom. The average molecular weight is 405 g/mol. The predicted molar refractivity (Wildman–Crippen MR) is 111 cm³/mol. The third-order valence-corrected chi connectivity index (χ3v) is 5.56. The van der Waals surface area contributed by atoms with Crippen molar-refractivity contribution in [2.75, 3.05) is 13.7 Å². The SMILES string of the molecule is CN(C(=O)OCC1c2ccccc2-c2ccccc21)[C@@H](Cc1cnn(C)c1)C(=O)O. The van der Waals surface area contributed by atoms with Crippen LogP contribution in [0, 0.1) is 0 Å². The molecule has 0 aliphatic heterocycles. The maximum absolute atomic E-state index is 12.7. The van der Waals surface area contributed by atoms with Crippen molar-refractivity contribution in [3.63, 3.8) is 0 Å². The molecule has 1 aliphatic rings. The van der Waals surface area contributed by atoms with Gasteiger partial charge in [-0.15, -0.1) is 0 Å². The van der Waals surface area contributed by atoms with E-state index in [4.69, 9.17) is 4.74 Å². The second kappa shape index (κ2) is 8.02. The number of carboxylic acid groups (broad SMARTS) is 1. The summed E-state index contributed by atoms with van der Waals surface area (Å²) in [6.07, 6.45) is 2.83. The minimum absolute atomic E-state index is 0.0728. The van der Waals surface area contributed by atoms with Gasteiger partial charge in [-0.05, 0) is 27.8 Å². The van der Waals surface area contributed by atoms with Crippen molar-refractivity contribution in [2.24, 2.45) is 7.05 Å². The fourth-order valence-corrected chi connectivity index (χ4v) is 4.01. The van der Waals surface area contributed by atoms with Crippen LogP contribution < -0.4 is 0 Å². The van der Waals surface area contributed by atoms with Crippen LogP contribution >= 0.6 is 0 Å². The Labute approximate surface area is 174 Å². The zero-order chi connectivity index (χ0) is 21.3. The highest BCUT2D eigenvalue weighted by atomic mass is 16.6. The van der Waals surface area contributed by atoms with E-state index in [9.17, 15) is 14.7 Å². The number of carboxylic acids is 1. The summed E-state index contributed by atoms with van der Waals surface area (Å²) in [5, 5.41) is 13.7. The molecule has 0 saturated heterocycles. The maximum Gasteiger partial charge on any atom is 0.410 e. The highest BCUT2D eigenvalue weighted by Gasteiger charge is 2.32. The summed E-state index contributed by atoms with van der Waals surface area (Å²) < 4.78 is 7.18. The van der Waals surface area contributed by atoms with Crippen molar-refractivity contribution in [3.05, 3.63) is 77.6 Å². The molecule has 0 unspecified atom stereocenters. The van der Waals surface area contributed by atoms with Gasteiger partial charge in [0.1, 0.15) is 12.6 Å². The van der Waals surface area contributed by atoms with Gasteiger partial charge in [-0.25, -0.2) is 9.59 Å². The van der Waals surface area contributed by atoms with E-state index in [1.54, 1.807) is 24.1 Å². The zero-order valence-corrected chi connectivity index (χ0v) is 16.9. The van der Waals surface area contributed by atoms with E-state index in [1.807, 2.05) is 36.4 Å². The van der Waals surface area contributed by atoms with Crippen LogP contribution in [0.3, 0.4) is 0 Å². The van der Waals surface area contributed by atoms with Crippen molar-refractivity contribution >= 4 is 12.1 Å². The molecular formula is C23H23N3O4. The molecule has 3 aromatic rings. The molecule has 1 atom stereocenters. The number of likely N-dealkylation sites (N-methyl/N-ethyl adjacent to an activating group) is 1. The maximum atomic E-state index is 12.7. The summed E-state index contributed by atoms with van der Waals surface area (Å²) in [5.41, 5.74) is 5.24. The van der Waals surface area contributed by atoms with Crippen LogP contribution in [-0.4, -0.2) is 51.5 Å². The van der Waals surface area contributed by atoms with Crippen LogP contribution in [0.2, 0.25) is 0 Å². The molecule has 1 aromatic heterocycles. The van der Waals surface area contributed by atoms with Gasteiger partial charge < -0.3 is 9.84 Å². The lowest BCUT2D eigenvalue weighted by Crippen LogP contribution is -2.44. The number of carbonyl (C=O) groups is 2. The van der Waals surface area contributed by atoms with Gasteiger partial charge in [0, 0.05) is 32.6 Å². The van der Waals surface area contributed by atoms with Gasteiger partial charge in [0.05, 0.1) is 6.20 Å². The lowest BCUT2D eigenvalue weighted by Gasteiger charge is -2.25. The molecule has 0 fully saturated rings. The first kappa shape index (κ1) is 19.7. The zero-order valence-electron chi connectivity index (χ0n) is 16.9. The molecule has 30 heavy (non-hydrogen) atoms. The van der Waals surface area contributed by atoms with E-state index in [2.05, 4.69) is 17.2 Å². The second-order valence-electron chi connectivity index (χ2n) is 7.50. The lowest BCUT2D eigenvalue weighted by atomic mass is 9.98. The van der Waals surface area contributed by atoms with Crippen molar-refractivity contribution < 1.29 is 19.4 Å². The van der Waals surface area contributed by atoms with Gasteiger partial charge in [-0.1, -0.05) is 48.5 Å². The van der Waals surface area contributed by atoms with Crippen LogP contribution in [0.25, 0.3) is 11.1 Å². The van der Waals surface area contributed by atoms with Gasteiger partial charge in [0.15, 0.2) is 0 Å². The predicted octanol–water partition coefficient (Wildman–Crippen LogP) is 3.30. The summed E-state index contributed by atoms with van der Waals surface area (Å²) in [6, 6.07) is 15.1. The highest BCUT2D eigenvalue weighted by Crippen LogP contribution is 2.44. The molecular weight excluding hydrogens is 382 g/mol. The molecule has 1 heterocycles. The van der Waals surface area contributed by atoms with Gasteiger partial charge in [0.2, 0.25) is 0 Å². The van der Waals surface area contributed by atoms with E-state index in [-0.39, 0.29) is 18.9 Å². The monoisotopic (exact) mass is 405 g/mol. The minimum atomic E-state index is -1.09. The van der Waals surface area contributed by atoms with Crippen LogP contribution in [0.1, 0.15) is 22.6 Å². The standard InChI is InChI=1S/C23H23N3O4/c1-25-13-15(12-24-25)11-21(22(27)28)26(2)23(29)30-14-20-18-9-5-3-7-16(18)17-8-4-6-10-19(17)20/h3-10,12-13,20-21H,11,14H2,1-2H3,(H,27,28)/t21-/m0/s1. The van der Waals surface area contributed by atoms with E-state index >= 15 is 0 Å². The van der Waals surface area contributed by atoms with Gasteiger partial charge in [-0.2, -0.15) is 5.10 Å². The number of amides is 1. The molecule has 1 N–H and O–H groups in total. The fraction of sp³-hybridized carbons (Fsp3) is 0.261. The molecule has 154 valence electrons. The Kier molecular flexibility index (Phi) is 5.27.